The van der Waals surface area contributed by atoms with Crippen LogP contribution in [0.4, 0.5) is 4.39 Å². The van der Waals surface area contributed by atoms with Crippen LogP contribution < -0.4 is 5.32 Å². The van der Waals surface area contributed by atoms with Gasteiger partial charge >= 0.3 is 0 Å². The topological polar surface area (TPSA) is 46.9 Å². The lowest BCUT2D eigenvalue weighted by molar-refractivity contribution is 0.0951. The number of nitrogens with zero attached hydrogens (tertiary/aromatic N) is 2. The first kappa shape index (κ1) is 15.9. The highest BCUT2D eigenvalue weighted by molar-refractivity contribution is 5.93. The summed E-state index contributed by atoms with van der Waals surface area (Å²) >= 11 is 0. The van der Waals surface area contributed by atoms with Crippen molar-refractivity contribution >= 4 is 5.91 Å². The summed E-state index contributed by atoms with van der Waals surface area (Å²) in [5.41, 5.74) is 3.48. The first-order chi connectivity index (χ1) is 11.7. The SMILES string of the molecule is CCc1ccc(CNC(=O)c2cnn(-c3ccc(F)cc3)c2)cc1. The second kappa shape index (κ2) is 7.08. The molecule has 2 aromatic carbocycles. The number of hydrogen-bond acceptors (Lipinski definition) is 2. The lowest BCUT2D eigenvalue weighted by Crippen LogP contribution is -2.22. The number of amides is 1. The highest BCUT2D eigenvalue weighted by atomic mass is 19.1. The van der Waals surface area contributed by atoms with Crippen molar-refractivity contribution in [3.8, 4) is 5.69 Å². The molecule has 0 aliphatic rings. The molecule has 0 unspecified atom stereocenters. The molecule has 122 valence electrons. The summed E-state index contributed by atoms with van der Waals surface area (Å²) in [5.74, 6) is -0.499. The average Bonchev–Trinajstić information content (AvgIpc) is 3.11. The third kappa shape index (κ3) is 3.68. The molecule has 4 nitrogen and oxygen atoms in total. The second-order valence-electron chi connectivity index (χ2n) is 5.50. The molecule has 0 aliphatic heterocycles. The van der Waals surface area contributed by atoms with Gasteiger partial charge in [0, 0.05) is 12.7 Å². The average molecular weight is 323 g/mol. The first-order valence-corrected chi connectivity index (χ1v) is 7.82. The van der Waals surface area contributed by atoms with E-state index in [0.717, 1.165) is 12.0 Å². The minimum atomic E-state index is -0.307. The molecule has 3 aromatic rings. The van der Waals surface area contributed by atoms with E-state index in [0.29, 0.717) is 17.8 Å². The highest BCUT2D eigenvalue weighted by Gasteiger charge is 2.09. The Hall–Kier alpha value is -2.95. The van der Waals surface area contributed by atoms with E-state index in [1.807, 2.05) is 12.1 Å². The maximum absolute atomic E-state index is 13.0. The maximum atomic E-state index is 13.0. The van der Waals surface area contributed by atoms with Gasteiger partial charge < -0.3 is 5.32 Å². The normalized spacial score (nSPS) is 10.6. The van der Waals surface area contributed by atoms with Crippen LogP contribution in [0.25, 0.3) is 5.69 Å². The zero-order valence-electron chi connectivity index (χ0n) is 13.4. The van der Waals surface area contributed by atoms with Gasteiger partial charge in [-0.1, -0.05) is 31.2 Å². The summed E-state index contributed by atoms with van der Waals surface area (Å²) in [4.78, 5) is 12.2. The van der Waals surface area contributed by atoms with Gasteiger partial charge in [-0.15, -0.1) is 0 Å². The molecular formula is C19H18FN3O. The van der Waals surface area contributed by atoms with E-state index in [4.69, 9.17) is 0 Å². The fourth-order valence-corrected chi connectivity index (χ4v) is 2.35. The molecule has 0 aliphatic carbocycles. The zero-order chi connectivity index (χ0) is 16.9. The third-order valence-corrected chi connectivity index (χ3v) is 3.82. The van der Waals surface area contributed by atoms with Gasteiger partial charge in [0.1, 0.15) is 5.82 Å². The summed E-state index contributed by atoms with van der Waals surface area (Å²) in [5, 5.41) is 7.02. The Kier molecular flexibility index (Phi) is 4.70. The van der Waals surface area contributed by atoms with Gasteiger partial charge in [0.05, 0.1) is 17.4 Å². The summed E-state index contributed by atoms with van der Waals surface area (Å²) in [6, 6.07) is 14.1. The predicted octanol–water partition coefficient (Wildman–Crippen LogP) is 3.50. The van der Waals surface area contributed by atoms with E-state index >= 15 is 0 Å². The smallest absolute Gasteiger partial charge is 0.254 e. The molecule has 5 heteroatoms. The van der Waals surface area contributed by atoms with Gasteiger partial charge in [0.15, 0.2) is 0 Å². The number of hydrogen-bond donors (Lipinski definition) is 1. The van der Waals surface area contributed by atoms with Gasteiger partial charge in [-0.05, 0) is 41.8 Å². The van der Waals surface area contributed by atoms with E-state index in [1.165, 1.54) is 23.9 Å². The summed E-state index contributed by atoms with van der Waals surface area (Å²) in [6.45, 7) is 2.57. The molecule has 0 saturated heterocycles. The number of aromatic nitrogens is 2. The fourth-order valence-electron chi connectivity index (χ4n) is 2.35. The van der Waals surface area contributed by atoms with Crippen molar-refractivity contribution in [1.29, 1.82) is 0 Å². The number of rotatable bonds is 5. The molecule has 0 atom stereocenters. The Morgan fingerprint density at radius 1 is 1.08 bits per heavy atom. The molecule has 0 fully saturated rings. The number of carbonyl (C=O) groups excluding carboxylic acids is 1. The molecule has 3 rings (SSSR count). The first-order valence-electron chi connectivity index (χ1n) is 7.82. The Labute approximate surface area is 139 Å². The van der Waals surface area contributed by atoms with E-state index in [-0.39, 0.29) is 11.7 Å². The highest BCUT2D eigenvalue weighted by Crippen LogP contribution is 2.10. The van der Waals surface area contributed by atoms with E-state index in [9.17, 15) is 9.18 Å². The van der Waals surface area contributed by atoms with Crippen LogP contribution in [0.1, 0.15) is 28.4 Å². The van der Waals surface area contributed by atoms with E-state index in [2.05, 4.69) is 29.5 Å². The molecule has 1 amide bonds. The Morgan fingerprint density at radius 2 is 1.75 bits per heavy atom. The second-order valence-corrected chi connectivity index (χ2v) is 5.50. The molecule has 24 heavy (non-hydrogen) atoms. The van der Waals surface area contributed by atoms with Crippen LogP contribution >= 0.6 is 0 Å². The number of benzene rings is 2. The summed E-state index contributed by atoms with van der Waals surface area (Å²) in [6.07, 6.45) is 4.12. The van der Waals surface area contributed by atoms with Crippen LogP contribution in [0.2, 0.25) is 0 Å². The quantitative estimate of drug-likeness (QED) is 0.781. The summed E-state index contributed by atoms with van der Waals surface area (Å²) in [7, 11) is 0. The minimum Gasteiger partial charge on any atom is -0.348 e. The summed E-state index contributed by atoms with van der Waals surface area (Å²) < 4.78 is 14.5. The Bertz CT molecular complexity index is 823. The van der Waals surface area contributed by atoms with Crippen molar-refractivity contribution in [3.63, 3.8) is 0 Å². The lowest BCUT2D eigenvalue weighted by atomic mass is 10.1. The molecular weight excluding hydrogens is 305 g/mol. The molecule has 0 bridgehead atoms. The number of aryl methyl sites for hydroxylation is 1. The van der Waals surface area contributed by atoms with Crippen molar-refractivity contribution < 1.29 is 9.18 Å². The van der Waals surface area contributed by atoms with Crippen molar-refractivity contribution in [3.05, 3.63) is 83.4 Å². The van der Waals surface area contributed by atoms with Crippen LogP contribution in [-0.4, -0.2) is 15.7 Å². The number of halogens is 1. The van der Waals surface area contributed by atoms with Gasteiger partial charge in [-0.2, -0.15) is 5.10 Å². The van der Waals surface area contributed by atoms with Crippen LogP contribution in [0.15, 0.2) is 60.9 Å². The van der Waals surface area contributed by atoms with Crippen molar-refractivity contribution in [2.75, 3.05) is 0 Å². The van der Waals surface area contributed by atoms with Crippen LogP contribution in [0.5, 0.6) is 0 Å². The molecule has 0 radical (unpaired) electrons. The fraction of sp³-hybridized carbons (Fsp3) is 0.158. The largest absolute Gasteiger partial charge is 0.348 e. The van der Waals surface area contributed by atoms with Gasteiger partial charge in [-0.25, -0.2) is 9.07 Å². The van der Waals surface area contributed by atoms with Crippen molar-refractivity contribution in [1.82, 2.24) is 15.1 Å². The third-order valence-electron chi connectivity index (χ3n) is 3.82. The molecule has 1 heterocycles. The standard InChI is InChI=1S/C19H18FN3O/c1-2-14-3-5-15(6-4-14)11-21-19(24)16-12-22-23(13-16)18-9-7-17(20)8-10-18/h3-10,12-13H,2,11H2,1H3,(H,21,24). The van der Waals surface area contributed by atoms with Crippen LogP contribution in [0, 0.1) is 5.82 Å². The zero-order valence-corrected chi connectivity index (χ0v) is 13.4. The molecule has 1 N–H and O–H groups in total. The lowest BCUT2D eigenvalue weighted by Gasteiger charge is -2.05. The van der Waals surface area contributed by atoms with Gasteiger partial charge in [-0.3, -0.25) is 4.79 Å². The van der Waals surface area contributed by atoms with Crippen molar-refractivity contribution in [2.24, 2.45) is 0 Å². The monoisotopic (exact) mass is 323 g/mol. The van der Waals surface area contributed by atoms with Gasteiger partial charge in [0.2, 0.25) is 0 Å². The molecule has 0 spiro atoms. The Balaban J connectivity index is 1.64. The molecule has 0 saturated carbocycles. The maximum Gasteiger partial charge on any atom is 0.254 e. The number of nitrogens with one attached hydrogen (secondary N) is 1. The minimum absolute atomic E-state index is 0.192. The van der Waals surface area contributed by atoms with E-state index < -0.39 is 0 Å². The van der Waals surface area contributed by atoms with E-state index in [1.54, 1.807) is 23.0 Å². The van der Waals surface area contributed by atoms with Gasteiger partial charge in [0.25, 0.3) is 5.91 Å². The van der Waals surface area contributed by atoms with Crippen LogP contribution in [0.3, 0.4) is 0 Å². The van der Waals surface area contributed by atoms with Crippen LogP contribution in [-0.2, 0) is 13.0 Å². The Morgan fingerprint density at radius 3 is 2.42 bits per heavy atom. The van der Waals surface area contributed by atoms with Crippen molar-refractivity contribution in [2.45, 2.75) is 19.9 Å². The number of carbonyl (C=O) groups is 1. The molecule has 1 aromatic heterocycles. The predicted molar refractivity (Wildman–Crippen MR) is 90.5 cm³/mol.